The minimum absolute atomic E-state index is 0.198. The molecule has 0 N–H and O–H groups in total. The molecule has 1 aliphatic heterocycles. The second kappa shape index (κ2) is 9.26. The molecule has 1 aromatic heterocycles. The zero-order valence-corrected chi connectivity index (χ0v) is 20.7. The highest BCUT2D eigenvalue weighted by molar-refractivity contribution is 7.89. The summed E-state index contributed by atoms with van der Waals surface area (Å²) in [5, 5.41) is 0. The van der Waals surface area contributed by atoms with E-state index in [4.69, 9.17) is 6.42 Å². The number of hydrogen-bond acceptors (Lipinski definition) is 4. The van der Waals surface area contributed by atoms with E-state index in [0.29, 0.717) is 35.9 Å². The van der Waals surface area contributed by atoms with Gasteiger partial charge in [-0.1, -0.05) is 30.2 Å². The zero-order chi connectivity index (χ0) is 23.8. The summed E-state index contributed by atoms with van der Waals surface area (Å²) < 4.78 is 30.3. The Morgan fingerprint density at radius 3 is 2.48 bits per heavy atom. The van der Waals surface area contributed by atoms with Gasteiger partial charge in [-0.05, 0) is 74.1 Å². The van der Waals surface area contributed by atoms with Crippen LogP contribution in [0.3, 0.4) is 0 Å². The molecule has 0 spiro atoms. The molecule has 33 heavy (non-hydrogen) atoms. The van der Waals surface area contributed by atoms with Crippen LogP contribution in [0.4, 0.5) is 0 Å². The van der Waals surface area contributed by atoms with Crippen molar-refractivity contribution in [1.82, 2.24) is 8.87 Å². The van der Waals surface area contributed by atoms with Crippen molar-refractivity contribution in [2.24, 2.45) is 10.9 Å². The van der Waals surface area contributed by atoms with Crippen LogP contribution < -0.4 is 4.80 Å². The predicted molar refractivity (Wildman–Crippen MR) is 132 cm³/mol. The number of amides is 1. The molecule has 0 saturated carbocycles. The van der Waals surface area contributed by atoms with Crippen LogP contribution in [-0.2, 0) is 16.6 Å². The van der Waals surface area contributed by atoms with Crippen LogP contribution in [0.15, 0.2) is 46.3 Å². The highest BCUT2D eigenvalue weighted by Crippen LogP contribution is 2.25. The van der Waals surface area contributed by atoms with Crippen molar-refractivity contribution in [3.8, 4) is 12.3 Å². The van der Waals surface area contributed by atoms with Gasteiger partial charge in [-0.25, -0.2) is 8.42 Å². The van der Waals surface area contributed by atoms with E-state index < -0.39 is 15.9 Å². The van der Waals surface area contributed by atoms with Gasteiger partial charge in [0.2, 0.25) is 10.0 Å². The number of nitrogens with zero attached hydrogens (tertiary/aromatic N) is 3. The van der Waals surface area contributed by atoms with Gasteiger partial charge in [0.15, 0.2) is 4.80 Å². The van der Waals surface area contributed by atoms with Crippen LogP contribution >= 0.6 is 11.3 Å². The van der Waals surface area contributed by atoms with Gasteiger partial charge < -0.3 is 4.57 Å². The van der Waals surface area contributed by atoms with Crippen LogP contribution in [0, 0.1) is 32.1 Å². The summed E-state index contributed by atoms with van der Waals surface area (Å²) >= 11 is 1.43. The Morgan fingerprint density at radius 1 is 1.18 bits per heavy atom. The fourth-order valence-electron chi connectivity index (χ4n) is 4.14. The number of thiazole rings is 1. The van der Waals surface area contributed by atoms with Crippen LogP contribution in [0.2, 0.25) is 0 Å². The second-order valence-electron chi connectivity index (χ2n) is 8.63. The lowest BCUT2D eigenvalue weighted by molar-refractivity contribution is 0.0998. The third-order valence-corrected chi connectivity index (χ3v) is 9.18. The predicted octanol–water partition coefficient (Wildman–Crippen LogP) is 4.11. The summed E-state index contributed by atoms with van der Waals surface area (Å²) in [6.45, 7) is 7.55. The van der Waals surface area contributed by atoms with Crippen molar-refractivity contribution in [3.05, 3.63) is 57.9 Å². The molecule has 6 nitrogen and oxygen atoms in total. The maximum atomic E-state index is 12.9. The lowest BCUT2D eigenvalue weighted by Gasteiger charge is -2.29. The Labute approximate surface area is 198 Å². The third kappa shape index (κ3) is 4.67. The Bertz CT molecular complexity index is 1420. The summed E-state index contributed by atoms with van der Waals surface area (Å²) in [6, 6.07) is 10.2. The van der Waals surface area contributed by atoms with Gasteiger partial charge in [0, 0.05) is 18.7 Å². The van der Waals surface area contributed by atoms with E-state index in [0.717, 1.165) is 34.2 Å². The topological polar surface area (TPSA) is 71.7 Å². The number of fused-ring (bicyclic) bond motifs is 1. The van der Waals surface area contributed by atoms with Crippen molar-refractivity contribution >= 4 is 37.5 Å². The first kappa shape index (κ1) is 23.4. The molecule has 0 aliphatic carbocycles. The molecule has 0 bridgehead atoms. The first-order chi connectivity index (χ1) is 15.7. The number of piperidine rings is 1. The molecule has 172 valence electrons. The lowest BCUT2D eigenvalue weighted by atomic mass is 10.0. The quantitative estimate of drug-likeness (QED) is 0.527. The number of sulfonamides is 1. The lowest BCUT2D eigenvalue weighted by Crippen LogP contribution is -2.37. The first-order valence-corrected chi connectivity index (χ1v) is 13.2. The molecule has 1 amide bonds. The van der Waals surface area contributed by atoms with Gasteiger partial charge in [0.1, 0.15) is 0 Å². The summed E-state index contributed by atoms with van der Waals surface area (Å²) in [6.07, 6.45) is 7.29. The molecule has 1 saturated heterocycles. The van der Waals surface area contributed by atoms with Crippen molar-refractivity contribution in [2.75, 3.05) is 13.1 Å². The van der Waals surface area contributed by atoms with E-state index in [1.165, 1.54) is 39.9 Å². The SMILES string of the molecule is C#CCn1c(=NC(=O)c2ccc(S(=O)(=O)N3CCC(C)CC3)cc2)sc2c(C)cc(C)cc21. The molecule has 0 radical (unpaired) electrons. The fraction of sp³-hybridized carbons (Fsp3) is 0.360. The maximum absolute atomic E-state index is 12.9. The van der Waals surface area contributed by atoms with Crippen molar-refractivity contribution in [1.29, 1.82) is 0 Å². The molecular formula is C25H27N3O3S2. The molecule has 1 aliphatic rings. The second-order valence-corrected chi connectivity index (χ2v) is 11.5. The molecule has 3 aromatic rings. The van der Waals surface area contributed by atoms with E-state index in [1.54, 1.807) is 0 Å². The molecule has 8 heteroatoms. The largest absolute Gasteiger partial charge is 0.305 e. The number of aromatic nitrogens is 1. The third-order valence-electron chi connectivity index (χ3n) is 6.04. The highest BCUT2D eigenvalue weighted by atomic mass is 32.2. The summed E-state index contributed by atoms with van der Waals surface area (Å²) in [5.74, 6) is 2.75. The number of aryl methyl sites for hydroxylation is 2. The molecule has 0 atom stereocenters. The fourth-order valence-corrected chi connectivity index (χ4v) is 6.68. The Hall–Kier alpha value is -2.73. The number of terminal acetylenes is 1. The molecule has 2 aromatic carbocycles. The van der Waals surface area contributed by atoms with Crippen LogP contribution in [0.1, 0.15) is 41.3 Å². The van der Waals surface area contributed by atoms with E-state index in [-0.39, 0.29) is 4.90 Å². The zero-order valence-electron chi connectivity index (χ0n) is 19.0. The average Bonchev–Trinajstić information content (AvgIpc) is 3.12. The van der Waals surface area contributed by atoms with Crippen LogP contribution in [0.25, 0.3) is 10.2 Å². The van der Waals surface area contributed by atoms with E-state index in [2.05, 4.69) is 23.9 Å². The molecule has 0 unspecified atom stereocenters. The Kier molecular flexibility index (Phi) is 6.57. The Morgan fingerprint density at radius 2 is 1.85 bits per heavy atom. The van der Waals surface area contributed by atoms with E-state index in [1.807, 2.05) is 24.5 Å². The molecule has 1 fully saturated rings. The van der Waals surface area contributed by atoms with Crippen molar-refractivity contribution < 1.29 is 13.2 Å². The summed E-state index contributed by atoms with van der Waals surface area (Å²) in [4.78, 5) is 18.0. The Balaban J connectivity index is 1.66. The number of hydrogen-bond donors (Lipinski definition) is 0. The maximum Gasteiger partial charge on any atom is 0.279 e. The van der Waals surface area contributed by atoms with Gasteiger partial charge in [-0.2, -0.15) is 9.30 Å². The minimum Gasteiger partial charge on any atom is -0.305 e. The number of benzene rings is 2. The van der Waals surface area contributed by atoms with Gasteiger partial charge in [0.25, 0.3) is 5.91 Å². The molecule has 4 rings (SSSR count). The normalized spacial score (nSPS) is 16.2. The van der Waals surface area contributed by atoms with Gasteiger partial charge in [-0.15, -0.1) is 6.42 Å². The van der Waals surface area contributed by atoms with Crippen molar-refractivity contribution in [3.63, 3.8) is 0 Å². The molecule has 2 heterocycles. The minimum atomic E-state index is -3.56. The van der Waals surface area contributed by atoms with Crippen molar-refractivity contribution in [2.45, 2.75) is 45.1 Å². The van der Waals surface area contributed by atoms with E-state index in [9.17, 15) is 13.2 Å². The van der Waals surface area contributed by atoms with Gasteiger partial charge in [0.05, 0.1) is 21.7 Å². The van der Waals surface area contributed by atoms with Crippen LogP contribution in [-0.4, -0.2) is 36.3 Å². The summed E-state index contributed by atoms with van der Waals surface area (Å²) in [7, 11) is -3.56. The van der Waals surface area contributed by atoms with E-state index >= 15 is 0 Å². The smallest absolute Gasteiger partial charge is 0.279 e. The van der Waals surface area contributed by atoms with Crippen LogP contribution in [0.5, 0.6) is 0 Å². The number of carbonyl (C=O) groups excluding carboxylic acids is 1. The van der Waals surface area contributed by atoms with Gasteiger partial charge in [-0.3, -0.25) is 4.79 Å². The standard InChI is InChI=1S/C25H27N3O3S2/c1-5-12-28-22-16-18(3)15-19(4)23(22)32-25(28)26-24(29)20-6-8-21(9-7-20)33(30,31)27-13-10-17(2)11-14-27/h1,6-9,15-17H,10-14H2,2-4H3. The summed E-state index contributed by atoms with van der Waals surface area (Å²) in [5.41, 5.74) is 3.51. The first-order valence-electron chi connectivity index (χ1n) is 10.9. The number of rotatable bonds is 4. The van der Waals surface area contributed by atoms with Gasteiger partial charge >= 0.3 is 0 Å². The molecular weight excluding hydrogens is 454 g/mol. The number of carbonyl (C=O) groups is 1. The highest BCUT2D eigenvalue weighted by Gasteiger charge is 2.28. The average molecular weight is 482 g/mol. The monoisotopic (exact) mass is 481 g/mol.